The van der Waals surface area contributed by atoms with Gasteiger partial charge in [-0.2, -0.15) is 0 Å². The van der Waals surface area contributed by atoms with Crippen LogP contribution in [0.5, 0.6) is 0 Å². The lowest BCUT2D eigenvalue weighted by Crippen LogP contribution is -2.13. The molecule has 0 unspecified atom stereocenters. The van der Waals surface area contributed by atoms with Crippen molar-refractivity contribution in [3.63, 3.8) is 0 Å². The van der Waals surface area contributed by atoms with Crippen molar-refractivity contribution < 1.29 is 9.18 Å². The van der Waals surface area contributed by atoms with Gasteiger partial charge in [-0.15, -0.1) is 22.7 Å². The average molecular weight is 442 g/mol. The molecule has 2 aromatic carbocycles. The Morgan fingerprint density at radius 1 is 0.966 bits per heavy atom. The van der Waals surface area contributed by atoms with E-state index in [9.17, 15) is 9.18 Å². The summed E-state index contributed by atoms with van der Waals surface area (Å²) in [5.41, 5.74) is 4.70. The van der Waals surface area contributed by atoms with Gasteiger partial charge in [0.15, 0.2) is 9.47 Å². The van der Waals surface area contributed by atoms with E-state index < -0.39 is 0 Å². The minimum absolute atomic E-state index is 0.127. The number of anilines is 1. The molecule has 0 fully saturated rings. The summed E-state index contributed by atoms with van der Waals surface area (Å²) >= 11 is 4.24. The van der Waals surface area contributed by atoms with E-state index in [1.165, 1.54) is 52.1 Å². The highest BCUT2D eigenvalue weighted by molar-refractivity contribution is 8.01. The molecule has 0 spiro atoms. The summed E-state index contributed by atoms with van der Waals surface area (Å²) in [4.78, 5) is 21.3. The maximum absolute atomic E-state index is 13.0. The second kappa shape index (κ2) is 8.86. The fraction of sp³-hybridized carbons (Fsp3) is 0.0952. The number of nitrogens with zero attached hydrogens (tertiary/aromatic N) is 2. The number of halogens is 1. The zero-order valence-electron chi connectivity index (χ0n) is 15.4. The first-order chi connectivity index (χ1) is 14.1. The summed E-state index contributed by atoms with van der Waals surface area (Å²) in [5.74, 6) is -0.156. The van der Waals surface area contributed by atoms with Gasteiger partial charge >= 0.3 is 0 Å². The molecule has 8 heteroatoms. The molecule has 4 nitrogen and oxygen atoms in total. The smallest absolute Gasteiger partial charge is 0.236 e. The molecular weight excluding hydrogens is 425 g/mol. The van der Waals surface area contributed by atoms with Crippen LogP contribution in [0, 0.1) is 12.7 Å². The molecule has 0 saturated carbocycles. The Labute approximate surface area is 179 Å². The fourth-order valence-corrected chi connectivity index (χ4v) is 4.92. The summed E-state index contributed by atoms with van der Waals surface area (Å²) in [6.07, 6.45) is 0. The molecule has 0 aliphatic rings. The summed E-state index contributed by atoms with van der Waals surface area (Å²) < 4.78 is 13.8. The van der Waals surface area contributed by atoms with Crippen LogP contribution in [0.3, 0.4) is 0 Å². The highest BCUT2D eigenvalue weighted by atomic mass is 32.2. The van der Waals surface area contributed by atoms with Crippen LogP contribution in [0.15, 0.2) is 63.6 Å². The first-order valence-corrected chi connectivity index (χ1v) is 11.5. The van der Waals surface area contributed by atoms with Crippen LogP contribution in [0.4, 0.5) is 9.52 Å². The largest absolute Gasteiger partial charge is 0.301 e. The lowest BCUT2D eigenvalue weighted by molar-refractivity contribution is -0.113. The fourth-order valence-electron chi connectivity index (χ4n) is 2.55. The van der Waals surface area contributed by atoms with Gasteiger partial charge in [0.25, 0.3) is 0 Å². The molecule has 29 heavy (non-hydrogen) atoms. The van der Waals surface area contributed by atoms with E-state index in [1.807, 2.05) is 41.9 Å². The second-order valence-electron chi connectivity index (χ2n) is 6.25. The van der Waals surface area contributed by atoms with Crippen molar-refractivity contribution in [2.75, 3.05) is 11.1 Å². The molecular formula is C21H16FN3OS3. The zero-order chi connectivity index (χ0) is 20.2. The van der Waals surface area contributed by atoms with Crippen LogP contribution in [-0.2, 0) is 4.79 Å². The third-order valence-corrected chi connectivity index (χ3v) is 6.83. The molecule has 2 heterocycles. The van der Waals surface area contributed by atoms with Crippen molar-refractivity contribution in [1.29, 1.82) is 0 Å². The molecule has 0 radical (unpaired) electrons. The van der Waals surface area contributed by atoms with Gasteiger partial charge in [0.05, 0.1) is 17.1 Å². The SMILES string of the molecule is Cc1ccc(-c2csc(NC(=O)CSc3nc(-c4ccc(F)cc4)cs3)n2)cc1. The number of thiazole rings is 2. The van der Waals surface area contributed by atoms with Gasteiger partial charge in [-0.3, -0.25) is 4.79 Å². The monoisotopic (exact) mass is 441 g/mol. The number of thioether (sulfide) groups is 1. The number of rotatable bonds is 6. The summed E-state index contributed by atoms with van der Waals surface area (Å²) in [6.45, 7) is 2.04. The highest BCUT2D eigenvalue weighted by Crippen LogP contribution is 2.29. The van der Waals surface area contributed by atoms with Crippen LogP contribution in [0.25, 0.3) is 22.5 Å². The van der Waals surface area contributed by atoms with Crippen molar-refractivity contribution in [3.05, 3.63) is 70.7 Å². The molecule has 1 amide bonds. The quantitative estimate of drug-likeness (QED) is 0.367. The normalized spacial score (nSPS) is 10.8. The van der Waals surface area contributed by atoms with E-state index in [0.29, 0.717) is 5.13 Å². The Kier molecular flexibility index (Phi) is 6.03. The number of carbonyl (C=O) groups excluding carboxylic acids is 1. The van der Waals surface area contributed by atoms with Crippen molar-refractivity contribution in [3.8, 4) is 22.5 Å². The standard InChI is InChI=1S/C21H16FN3OS3/c1-13-2-4-14(5-3-13)17-10-27-20(23-17)25-19(26)12-29-21-24-18(11-28-21)15-6-8-16(22)9-7-15/h2-11H,12H2,1H3,(H,23,25,26). The maximum Gasteiger partial charge on any atom is 0.236 e. The Bertz CT molecular complexity index is 1120. The van der Waals surface area contributed by atoms with E-state index in [0.717, 1.165) is 26.9 Å². The molecule has 0 bridgehead atoms. The Morgan fingerprint density at radius 3 is 2.31 bits per heavy atom. The van der Waals surface area contributed by atoms with Crippen LogP contribution in [0.1, 0.15) is 5.56 Å². The molecule has 4 aromatic rings. The third-order valence-electron chi connectivity index (χ3n) is 4.05. The van der Waals surface area contributed by atoms with Gasteiger partial charge in [0, 0.05) is 21.9 Å². The van der Waals surface area contributed by atoms with Gasteiger partial charge in [0.2, 0.25) is 5.91 Å². The molecule has 1 N–H and O–H groups in total. The lowest BCUT2D eigenvalue weighted by atomic mass is 10.1. The predicted molar refractivity (Wildman–Crippen MR) is 119 cm³/mol. The van der Waals surface area contributed by atoms with Crippen LogP contribution in [-0.4, -0.2) is 21.6 Å². The van der Waals surface area contributed by atoms with E-state index >= 15 is 0 Å². The van der Waals surface area contributed by atoms with Crippen molar-refractivity contribution in [2.45, 2.75) is 11.3 Å². The molecule has 146 valence electrons. The van der Waals surface area contributed by atoms with Crippen molar-refractivity contribution >= 4 is 45.5 Å². The first kappa shape index (κ1) is 19.8. The number of amides is 1. The predicted octanol–water partition coefficient (Wildman–Crippen LogP) is 6.11. The van der Waals surface area contributed by atoms with Crippen LogP contribution in [0.2, 0.25) is 0 Å². The van der Waals surface area contributed by atoms with E-state index in [1.54, 1.807) is 12.1 Å². The minimum Gasteiger partial charge on any atom is -0.301 e. The number of nitrogens with one attached hydrogen (secondary N) is 1. The molecule has 0 atom stereocenters. The summed E-state index contributed by atoms with van der Waals surface area (Å²) in [6, 6.07) is 14.3. The maximum atomic E-state index is 13.0. The molecule has 4 rings (SSSR count). The number of hydrogen-bond acceptors (Lipinski definition) is 6. The zero-order valence-corrected chi connectivity index (χ0v) is 17.8. The average Bonchev–Trinajstić information content (AvgIpc) is 3.37. The minimum atomic E-state index is -0.275. The summed E-state index contributed by atoms with van der Waals surface area (Å²) in [5, 5.41) is 7.26. The van der Waals surface area contributed by atoms with Gasteiger partial charge in [-0.05, 0) is 31.2 Å². The van der Waals surface area contributed by atoms with Crippen molar-refractivity contribution in [2.24, 2.45) is 0 Å². The summed E-state index contributed by atoms with van der Waals surface area (Å²) in [7, 11) is 0. The third kappa shape index (κ3) is 5.09. The van der Waals surface area contributed by atoms with E-state index in [2.05, 4.69) is 15.3 Å². The lowest BCUT2D eigenvalue weighted by Gasteiger charge is -2.00. The Balaban J connectivity index is 1.33. The van der Waals surface area contributed by atoms with E-state index in [4.69, 9.17) is 0 Å². The van der Waals surface area contributed by atoms with Gasteiger partial charge in [0.1, 0.15) is 5.82 Å². The van der Waals surface area contributed by atoms with Crippen molar-refractivity contribution in [1.82, 2.24) is 9.97 Å². The number of hydrogen-bond donors (Lipinski definition) is 1. The van der Waals surface area contributed by atoms with Gasteiger partial charge in [-0.1, -0.05) is 41.6 Å². The van der Waals surface area contributed by atoms with Crippen LogP contribution < -0.4 is 5.32 Å². The van der Waals surface area contributed by atoms with Crippen LogP contribution >= 0.6 is 34.4 Å². The molecule has 0 aliphatic heterocycles. The van der Waals surface area contributed by atoms with Gasteiger partial charge < -0.3 is 5.32 Å². The Morgan fingerprint density at radius 2 is 1.59 bits per heavy atom. The van der Waals surface area contributed by atoms with Gasteiger partial charge in [-0.25, -0.2) is 14.4 Å². The molecule has 0 saturated heterocycles. The number of aryl methyl sites for hydroxylation is 1. The number of aromatic nitrogens is 2. The van der Waals surface area contributed by atoms with E-state index in [-0.39, 0.29) is 17.5 Å². The first-order valence-electron chi connectivity index (χ1n) is 8.73. The number of carbonyl (C=O) groups is 1. The molecule has 0 aliphatic carbocycles. The number of benzene rings is 2. The Hall–Kier alpha value is -2.55. The topological polar surface area (TPSA) is 54.9 Å². The second-order valence-corrected chi connectivity index (χ2v) is 9.18. The molecule has 2 aromatic heterocycles. The highest BCUT2D eigenvalue weighted by Gasteiger charge is 2.11.